The molecule has 0 saturated carbocycles. The van der Waals surface area contributed by atoms with Gasteiger partial charge in [0.05, 0.1) is 17.2 Å². The van der Waals surface area contributed by atoms with E-state index in [-0.39, 0.29) is 11.6 Å². The summed E-state index contributed by atoms with van der Waals surface area (Å²) in [6.45, 7) is 1.13. The number of carbonyl (C=O) groups excluding carboxylic acids is 2. The first kappa shape index (κ1) is 19.8. The van der Waals surface area contributed by atoms with E-state index < -0.39 is 30.2 Å². The van der Waals surface area contributed by atoms with Crippen LogP contribution in [0.5, 0.6) is 0 Å². The maximum atomic E-state index is 12.7. The predicted octanol–water partition coefficient (Wildman–Crippen LogP) is 4.39. The quantitative estimate of drug-likeness (QED) is 0.776. The van der Waals surface area contributed by atoms with E-state index in [9.17, 15) is 22.8 Å². The van der Waals surface area contributed by atoms with E-state index in [4.69, 9.17) is 16.3 Å². The summed E-state index contributed by atoms with van der Waals surface area (Å²) in [4.78, 5) is 23.7. The Bertz CT molecular complexity index is 791. The highest BCUT2D eigenvalue weighted by molar-refractivity contribution is 6.30. The lowest BCUT2D eigenvalue weighted by molar-refractivity contribution is -0.137. The highest BCUT2D eigenvalue weighted by Crippen LogP contribution is 2.29. The number of rotatable bonds is 5. The molecule has 2 rings (SSSR count). The SMILES string of the molecule is C[C@@H](NC(=O)COC(=O)c1cccc(C(F)(F)F)c1)c1ccc(Cl)cc1. The summed E-state index contributed by atoms with van der Waals surface area (Å²) >= 11 is 5.79. The van der Waals surface area contributed by atoms with Gasteiger partial charge in [0.25, 0.3) is 5.91 Å². The number of ether oxygens (including phenoxy) is 1. The second-order valence-electron chi connectivity index (χ2n) is 5.50. The van der Waals surface area contributed by atoms with Gasteiger partial charge >= 0.3 is 12.1 Å². The van der Waals surface area contributed by atoms with E-state index >= 15 is 0 Å². The first-order chi connectivity index (χ1) is 12.2. The molecule has 0 heterocycles. The van der Waals surface area contributed by atoms with Crippen molar-refractivity contribution in [2.45, 2.75) is 19.1 Å². The zero-order valence-electron chi connectivity index (χ0n) is 13.6. The molecule has 0 spiro atoms. The monoisotopic (exact) mass is 385 g/mol. The molecule has 1 atom stereocenters. The summed E-state index contributed by atoms with van der Waals surface area (Å²) < 4.78 is 42.7. The molecule has 4 nitrogen and oxygen atoms in total. The van der Waals surface area contributed by atoms with Crippen molar-refractivity contribution in [2.24, 2.45) is 0 Å². The molecule has 0 radical (unpaired) electrons. The lowest BCUT2D eigenvalue weighted by Gasteiger charge is -2.14. The van der Waals surface area contributed by atoms with Gasteiger partial charge in [0.1, 0.15) is 0 Å². The fourth-order valence-corrected chi connectivity index (χ4v) is 2.28. The Labute approximate surface area is 152 Å². The minimum absolute atomic E-state index is 0.279. The molecule has 0 unspecified atom stereocenters. The number of alkyl halides is 3. The van der Waals surface area contributed by atoms with Gasteiger partial charge in [-0.05, 0) is 42.8 Å². The van der Waals surface area contributed by atoms with E-state index in [0.717, 1.165) is 17.7 Å². The number of carbonyl (C=O) groups is 2. The van der Waals surface area contributed by atoms with Crippen molar-refractivity contribution in [3.8, 4) is 0 Å². The van der Waals surface area contributed by atoms with Crippen molar-refractivity contribution >= 4 is 23.5 Å². The maximum Gasteiger partial charge on any atom is 0.416 e. The van der Waals surface area contributed by atoms with Crippen LogP contribution in [0.25, 0.3) is 0 Å². The van der Waals surface area contributed by atoms with Crippen LogP contribution in [-0.2, 0) is 15.7 Å². The van der Waals surface area contributed by atoms with Crippen LogP contribution in [0.3, 0.4) is 0 Å². The summed E-state index contributed by atoms with van der Waals surface area (Å²) in [6.07, 6.45) is -4.57. The zero-order chi connectivity index (χ0) is 19.3. The van der Waals surface area contributed by atoms with Crippen LogP contribution in [0.1, 0.15) is 34.5 Å². The predicted molar refractivity (Wildman–Crippen MR) is 89.7 cm³/mol. The van der Waals surface area contributed by atoms with Gasteiger partial charge < -0.3 is 10.1 Å². The summed E-state index contributed by atoms with van der Waals surface area (Å²) in [6, 6.07) is 10.3. The topological polar surface area (TPSA) is 55.4 Å². The van der Waals surface area contributed by atoms with Crippen LogP contribution in [0.4, 0.5) is 13.2 Å². The van der Waals surface area contributed by atoms with Crippen molar-refractivity contribution in [3.05, 3.63) is 70.2 Å². The highest BCUT2D eigenvalue weighted by Gasteiger charge is 2.31. The molecular formula is C18H15ClF3NO3. The molecule has 0 saturated heterocycles. The Morgan fingerprint density at radius 2 is 1.81 bits per heavy atom. The molecule has 2 aromatic carbocycles. The first-order valence-electron chi connectivity index (χ1n) is 7.56. The third-order valence-electron chi connectivity index (χ3n) is 3.51. The normalized spacial score (nSPS) is 12.3. The molecular weight excluding hydrogens is 371 g/mol. The molecule has 1 amide bonds. The minimum atomic E-state index is -4.57. The van der Waals surface area contributed by atoms with E-state index in [1.807, 2.05) is 0 Å². The number of hydrogen-bond acceptors (Lipinski definition) is 3. The van der Waals surface area contributed by atoms with Gasteiger partial charge in [-0.2, -0.15) is 13.2 Å². The lowest BCUT2D eigenvalue weighted by Crippen LogP contribution is -2.31. The molecule has 0 aliphatic rings. The van der Waals surface area contributed by atoms with Crippen molar-refractivity contribution in [3.63, 3.8) is 0 Å². The number of hydrogen-bond donors (Lipinski definition) is 1. The van der Waals surface area contributed by atoms with E-state index in [2.05, 4.69) is 5.32 Å². The fourth-order valence-electron chi connectivity index (χ4n) is 2.15. The Balaban J connectivity index is 1.90. The van der Waals surface area contributed by atoms with E-state index in [0.29, 0.717) is 11.1 Å². The lowest BCUT2D eigenvalue weighted by atomic mass is 10.1. The van der Waals surface area contributed by atoms with Crippen molar-refractivity contribution in [1.29, 1.82) is 0 Å². The molecule has 8 heteroatoms. The van der Waals surface area contributed by atoms with E-state index in [1.165, 1.54) is 6.07 Å². The van der Waals surface area contributed by atoms with Gasteiger partial charge in [0, 0.05) is 5.02 Å². The molecule has 0 fully saturated rings. The molecule has 0 aliphatic heterocycles. The van der Waals surface area contributed by atoms with Crippen molar-refractivity contribution < 1.29 is 27.5 Å². The molecule has 26 heavy (non-hydrogen) atoms. The van der Waals surface area contributed by atoms with Crippen LogP contribution >= 0.6 is 11.6 Å². The summed E-state index contributed by atoms with van der Waals surface area (Å²) in [5, 5.41) is 3.18. The third-order valence-corrected chi connectivity index (χ3v) is 3.76. The second-order valence-corrected chi connectivity index (χ2v) is 5.93. The zero-order valence-corrected chi connectivity index (χ0v) is 14.4. The average Bonchev–Trinajstić information content (AvgIpc) is 2.59. The fraction of sp³-hybridized carbons (Fsp3) is 0.222. The summed E-state index contributed by atoms with van der Waals surface area (Å²) in [5.74, 6) is -1.59. The molecule has 0 aliphatic carbocycles. The molecule has 2 aromatic rings. The van der Waals surface area contributed by atoms with Crippen LogP contribution in [0.2, 0.25) is 5.02 Å². The average molecular weight is 386 g/mol. The number of amides is 1. The van der Waals surface area contributed by atoms with Gasteiger partial charge in [-0.15, -0.1) is 0 Å². The Morgan fingerprint density at radius 1 is 1.15 bits per heavy atom. The minimum Gasteiger partial charge on any atom is -0.452 e. The van der Waals surface area contributed by atoms with Crippen molar-refractivity contribution in [1.82, 2.24) is 5.32 Å². The third kappa shape index (κ3) is 5.49. The number of halogens is 4. The Hall–Kier alpha value is -2.54. The Morgan fingerprint density at radius 3 is 2.42 bits per heavy atom. The summed E-state index contributed by atoms with van der Waals surface area (Å²) in [5.41, 5.74) is -0.446. The maximum absolute atomic E-state index is 12.7. The molecule has 1 N–H and O–H groups in total. The number of nitrogens with one attached hydrogen (secondary N) is 1. The number of esters is 1. The summed E-state index contributed by atoms with van der Waals surface area (Å²) in [7, 11) is 0. The van der Waals surface area contributed by atoms with Gasteiger partial charge in [-0.25, -0.2) is 4.79 Å². The van der Waals surface area contributed by atoms with Gasteiger partial charge in [0.2, 0.25) is 0 Å². The van der Waals surface area contributed by atoms with Gasteiger partial charge in [-0.1, -0.05) is 29.8 Å². The van der Waals surface area contributed by atoms with Gasteiger partial charge in [0.15, 0.2) is 6.61 Å². The molecule has 138 valence electrons. The van der Waals surface area contributed by atoms with Gasteiger partial charge in [-0.3, -0.25) is 4.79 Å². The number of benzene rings is 2. The van der Waals surface area contributed by atoms with Crippen LogP contribution in [0.15, 0.2) is 48.5 Å². The highest BCUT2D eigenvalue weighted by atomic mass is 35.5. The standard InChI is InChI=1S/C18H15ClF3NO3/c1-11(12-5-7-15(19)8-6-12)23-16(24)10-26-17(25)13-3-2-4-14(9-13)18(20,21)22/h2-9,11H,10H2,1H3,(H,23,24)/t11-/m1/s1. The van der Waals surface area contributed by atoms with Crippen LogP contribution in [-0.4, -0.2) is 18.5 Å². The second kappa shape index (κ2) is 8.23. The van der Waals surface area contributed by atoms with Crippen LogP contribution in [0, 0.1) is 0 Å². The largest absolute Gasteiger partial charge is 0.452 e. The molecule has 0 aromatic heterocycles. The first-order valence-corrected chi connectivity index (χ1v) is 7.94. The van der Waals surface area contributed by atoms with E-state index in [1.54, 1.807) is 31.2 Å². The molecule has 0 bridgehead atoms. The smallest absolute Gasteiger partial charge is 0.416 e. The van der Waals surface area contributed by atoms with Crippen LogP contribution < -0.4 is 5.32 Å². The van der Waals surface area contributed by atoms with Crippen molar-refractivity contribution in [2.75, 3.05) is 6.61 Å². The Kier molecular flexibility index (Phi) is 6.26.